The maximum atomic E-state index is 9.98. The van der Waals surface area contributed by atoms with Gasteiger partial charge in [0.25, 0.3) is 0 Å². The SMILES string of the molecule is CCCn1cncc1COc1ccc2c(c1)CCCC2O. The minimum absolute atomic E-state index is 0.311. The molecule has 2 aromatic rings. The maximum absolute atomic E-state index is 9.98. The van der Waals surface area contributed by atoms with Gasteiger partial charge in [0.05, 0.1) is 24.3 Å². The number of imidazole rings is 1. The molecule has 0 saturated carbocycles. The smallest absolute Gasteiger partial charge is 0.130 e. The molecule has 21 heavy (non-hydrogen) atoms. The second kappa shape index (κ2) is 6.31. The summed E-state index contributed by atoms with van der Waals surface area (Å²) >= 11 is 0. The molecule has 1 aliphatic carbocycles. The summed E-state index contributed by atoms with van der Waals surface area (Å²) in [6, 6.07) is 6.02. The van der Waals surface area contributed by atoms with E-state index in [0.29, 0.717) is 6.61 Å². The van der Waals surface area contributed by atoms with Crippen molar-refractivity contribution in [1.82, 2.24) is 9.55 Å². The maximum Gasteiger partial charge on any atom is 0.130 e. The standard InChI is InChI=1S/C17H22N2O2/c1-2-8-19-12-18-10-14(19)11-21-15-6-7-16-13(9-15)4-3-5-17(16)20/h6-7,9-10,12,17,20H,2-5,8,11H2,1H3. The van der Waals surface area contributed by atoms with Crippen molar-refractivity contribution < 1.29 is 9.84 Å². The first kappa shape index (κ1) is 14.1. The number of aromatic nitrogens is 2. The summed E-state index contributed by atoms with van der Waals surface area (Å²) in [6.45, 7) is 3.65. The second-order valence-electron chi connectivity index (χ2n) is 5.64. The van der Waals surface area contributed by atoms with Crippen molar-refractivity contribution in [3.63, 3.8) is 0 Å². The largest absolute Gasteiger partial charge is 0.487 e. The van der Waals surface area contributed by atoms with E-state index in [1.54, 1.807) is 0 Å². The Hall–Kier alpha value is -1.81. The van der Waals surface area contributed by atoms with Crippen molar-refractivity contribution in [1.29, 1.82) is 0 Å². The summed E-state index contributed by atoms with van der Waals surface area (Å²) in [4.78, 5) is 4.18. The molecule has 0 radical (unpaired) electrons. The van der Waals surface area contributed by atoms with E-state index < -0.39 is 0 Å². The molecule has 1 N–H and O–H groups in total. The molecule has 0 aliphatic heterocycles. The number of aliphatic hydroxyl groups excluding tert-OH is 1. The number of ether oxygens (including phenoxy) is 1. The number of aliphatic hydroxyl groups is 1. The van der Waals surface area contributed by atoms with Crippen LogP contribution in [0.25, 0.3) is 0 Å². The first-order chi connectivity index (χ1) is 10.3. The molecular formula is C17H22N2O2. The van der Waals surface area contributed by atoms with Gasteiger partial charge in [0, 0.05) is 6.54 Å². The molecule has 1 aliphatic rings. The van der Waals surface area contributed by atoms with Gasteiger partial charge >= 0.3 is 0 Å². The van der Waals surface area contributed by atoms with Crippen LogP contribution in [0.15, 0.2) is 30.7 Å². The van der Waals surface area contributed by atoms with Crippen molar-refractivity contribution in [2.45, 2.75) is 51.9 Å². The van der Waals surface area contributed by atoms with Gasteiger partial charge in [-0.25, -0.2) is 4.98 Å². The quantitative estimate of drug-likeness (QED) is 0.918. The zero-order valence-corrected chi connectivity index (χ0v) is 12.5. The number of nitrogens with zero attached hydrogens (tertiary/aromatic N) is 2. The van der Waals surface area contributed by atoms with Crippen LogP contribution in [0.5, 0.6) is 5.75 Å². The van der Waals surface area contributed by atoms with E-state index in [1.807, 2.05) is 24.7 Å². The Morgan fingerprint density at radius 2 is 2.33 bits per heavy atom. The number of hydrogen-bond donors (Lipinski definition) is 1. The third kappa shape index (κ3) is 3.10. The monoisotopic (exact) mass is 286 g/mol. The summed E-state index contributed by atoms with van der Waals surface area (Å²) in [6.07, 6.45) is 7.42. The number of rotatable bonds is 5. The fraction of sp³-hybridized carbons (Fsp3) is 0.471. The van der Waals surface area contributed by atoms with Crippen molar-refractivity contribution in [2.24, 2.45) is 0 Å². The highest BCUT2D eigenvalue weighted by Gasteiger charge is 2.18. The van der Waals surface area contributed by atoms with Gasteiger partial charge in [-0.05, 0) is 48.9 Å². The molecule has 0 amide bonds. The fourth-order valence-corrected chi connectivity index (χ4v) is 2.92. The zero-order chi connectivity index (χ0) is 14.7. The van der Waals surface area contributed by atoms with E-state index in [1.165, 1.54) is 5.56 Å². The molecule has 1 aromatic carbocycles. The minimum Gasteiger partial charge on any atom is -0.487 e. The van der Waals surface area contributed by atoms with Crippen LogP contribution in [-0.4, -0.2) is 14.7 Å². The Kier molecular flexibility index (Phi) is 4.25. The van der Waals surface area contributed by atoms with E-state index in [9.17, 15) is 5.11 Å². The molecule has 4 heteroatoms. The van der Waals surface area contributed by atoms with Crippen molar-refractivity contribution >= 4 is 0 Å². The number of fused-ring (bicyclic) bond motifs is 1. The lowest BCUT2D eigenvalue weighted by atomic mass is 9.89. The number of benzene rings is 1. The van der Waals surface area contributed by atoms with Crippen LogP contribution < -0.4 is 4.74 Å². The summed E-state index contributed by atoms with van der Waals surface area (Å²) in [5, 5.41) is 9.98. The summed E-state index contributed by atoms with van der Waals surface area (Å²) in [5.74, 6) is 0.868. The lowest BCUT2D eigenvalue weighted by Gasteiger charge is -2.21. The second-order valence-corrected chi connectivity index (χ2v) is 5.64. The molecule has 112 valence electrons. The molecule has 0 spiro atoms. The lowest BCUT2D eigenvalue weighted by molar-refractivity contribution is 0.156. The topological polar surface area (TPSA) is 47.3 Å². The fourth-order valence-electron chi connectivity index (χ4n) is 2.92. The molecule has 1 aromatic heterocycles. The van der Waals surface area contributed by atoms with E-state index in [0.717, 1.165) is 49.2 Å². The van der Waals surface area contributed by atoms with Crippen LogP contribution in [0.4, 0.5) is 0 Å². The van der Waals surface area contributed by atoms with Gasteiger partial charge in [0.1, 0.15) is 12.4 Å². The first-order valence-corrected chi connectivity index (χ1v) is 7.70. The van der Waals surface area contributed by atoms with Crippen molar-refractivity contribution in [2.75, 3.05) is 0 Å². The summed E-state index contributed by atoms with van der Waals surface area (Å²) < 4.78 is 8.02. The van der Waals surface area contributed by atoms with Gasteiger partial charge < -0.3 is 14.4 Å². The highest BCUT2D eigenvalue weighted by molar-refractivity contribution is 5.38. The number of aryl methyl sites for hydroxylation is 2. The average Bonchev–Trinajstić information content (AvgIpc) is 2.93. The van der Waals surface area contributed by atoms with Gasteiger partial charge in [-0.15, -0.1) is 0 Å². The van der Waals surface area contributed by atoms with E-state index in [-0.39, 0.29) is 6.10 Å². The summed E-state index contributed by atoms with van der Waals surface area (Å²) in [7, 11) is 0. The number of hydrogen-bond acceptors (Lipinski definition) is 3. The van der Waals surface area contributed by atoms with Crippen LogP contribution in [0.1, 0.15) is 49.1 Å². The van der Waals surface area contributed by atoms with E-state index in [4.69, 9.17) is 4.74 Å². The van der Waals surface area contributed by atoms with Gasteiger partial charge in [0.2, 0.25) is 0 Å². The van der Waals surface area contributed by atoms with E-state index in [2.05, 4.69) is 22.5 Å². The highest BCUT2D eigenvalue weighted by atomic mass is 16.5. The molecular weight excluding hydrogens is 264 g/mol. The van der Waals surface area contributed by atoms with Crippen LogP contribution >= 0.6 is 0 Å². The Bertz CT molecular complexity index is 607. The molecule has 1 unspecified atom stereocenters. The third-order valence-corrected chi connectivity index (χ3v) is 4.05. The molecule has 3 rings (SSSR count). The first-order valence-electron chi connectivity index (χ1n) is 7.70. The Morgan fingerprint density at radius 1 is 1.43 bits per heavy atom. The predicted octanol–water partition coefficient (Wildman–Crippen LogP) is 3.24. The molecule has 1 atom stereocenters. The van der Waals surface area contributed by atoms with Crippen LogP contribution in [0, 0.1) is 0 Å². The Labute approximate surface area is 125 Å². The molecule has 0 fully saturated rings. The van der Waals surface area contributed by atoms with Crippen molar-refractivity contribution in [3.8, 4) is 5.75 Å². The van der Waals surface area contributed by atoms with Crippen LogP contribution in [0.2, 0.25) is 0 Å². The molecule has 0 bridgehead atoms. The minimum atomic E-state index is -0.311. The molecule has 1 heterocycles. The normalized spacial score (nSPS) is 17.5. The predicted molar refractivity (Wildman–Crippen MR) is 81.2 cm³/mol. The lowest BCUT2D eigenvalue weighted by Crippen LogP contribution is -2.09. The summed E-state index contributed by atoms with van der Waals surface area (Å²) in [5.41, 5.74) is 3.37. The van der Waals surface area contributed by atoms with Gasteiger partial charge in [-0.3, -0.25) is 0 Å². The van der Waals surface area contributed by atoms with Crippen LogP contribution in [0.3, 0.4) is 0 Å². The molecule has 4 nitrogen and oxygen atoms in total. The average molecular weight is 286 g/mol. The van der Waals surface area contributed by atoms with Crippen molar-refractivity contribution in [3.05, 3.63) is 47.5 Å². The van der Waals surface area contributed by atoms with E-state index >= 15 is 0 Å². The van der Waals surface area contributed by atoms with Crippen LogP contribution in [-0.2, 0) is 19.6 Å². The van der Waals surface area contributed by atoms with Gasteiger partial charge in [-0.2, -0.15) is 0 Å². The Balaban J connectivity index is 1.69. The highest BCUT2D eigenvalue weighted by Crippen LogP contribution is 2.32. The van der Waals surface area contributed by atoms with Gasteiger partial charge in [-0.1, -0.05) is 13.0 Å². The third-order valence-electron chi connectivity index (χ3n) is 4.05. The zero-order valence-electron chi connectivity index (χ0n) is 12.5. The Morgan fingerprint density at radius 3 is 3.19 bits per heavy atom. The van der Waals surface area contributed by atoms with Gasteiger partial charge in [0.15, 0.2) is 0 Å². The molecule has 0 saturated heterocycles.